The summed E-state index contributed by atoms with van der Waals surface area (Å²) in [5.74, 6) is -0.757. The maximum Gasteiger partial charge on any atom is 0.311 e. The molecule has 0 aliphatic rings. The number of benzene rings is 2. The number of aromatic hydroxyl groups is 1. The summed E-state index contributed by atoms with van der Waals surface area (Å²) in [5.41, 5.74) is 0.334. The Morgan fingerprint density at radius 1 is 1.14 bits per heavy atom. The lowest BCUT2D eigenvalue weighted by Gasteiger charge is -2.00. The van der Waals surface area contributed by atoms with Gasteiger partial charge in [-0.2, -0.15) is 0 Å². The molecule has 0 aromatic heterocycles. The molecule has 1 N–H and O–H groups in total. The van der Waals surface area contributed by atoms with Gasteiger partial charge in [-0.3, -0.25) is 14.9 Å². The number of carbonyl (C=O) groups is 1. The molecule has 0 amide bonds. The summed E-state index contributed by atoms with van der Waals surface area (Å²) in [6.45, 7) is 0. The van der Waals surface area contributed by atoms with Crippen LogP contribution in [0.2, 0.25) is 10.0 Å². The van der Waals surface area contributed by atoms with Crippen LogP contribution in [0.1, 0.15) is 15.9 Å². The van der Waals surface area contributed by atoms with Crippen molar-refractivity contribution in [2.75, 3.05) is 0 Å². The highest BCUT2D eigenvalue weighted by Gasteiger charge is 2.12. The first-order valence-electron chi connectivity index (χ1n) is 6.03. The van der Waals surface area contributed by atoms with Gasteiger partial charge in [0.05, 0.1) is 15.0 Å². The molecule has 7 heteroatoms. The number of hydrogen-bond donors (Lipinski definition) is 1. The Kier molecular flexibility index (Phi) is 4.80. The highest BCUT2D eigenvalue weighted by molar-refractivity contribution is 6.42. The van der Waals surface area contributed by atoms with Crippen molar-refractivity contribution in [2.24, 2.45) is 0 Å². The maximum atomic E-state index is 12.0. The number of hydrogen-bond acceptors (Lipinski definition) is 4. The largest absolute Gasteiger partial charge is 0.502 e. The number of nitro benzene ring substituents is 1. The fraction of sp³-hybridized carbons (Fsp3) is 0. The smallest absolute Gasteiger partial charge is 0.311 e. The molecule has 0 saturated carbocycles. The van der Waals surface area contributed by atoms with E-state index >= 15 is 0 Å². The lowest BCUT2D eigenvalue weighted by Crippen LogP contribution is -1.94. The van der Waals surface area contributed by atoms with Crippen LogP contribution >= 0.6 is 23.2 Å². The summed E-state index contributed by atoms with van der Waals surface area (Å²) in [6, 6.07) is 8.31. The summed E-state index contributed by atoms with van der Waals surface area (Å²) in [6.07, 6.45) is 2.67. The van der Waals surface area contributed by atoms with Crippen molar-refractivity contribution in [3.63, 3.8) is 0 Å². The van der Waals surface area contributed by atoms with Crippen LogP contribution in [0.25, 0.3) is 6.08 Å². The number of rotatable bonds is 4. The average molecular weight is 338 g/mol. The van der Waals surface area contributed by atoms with Crippen LogP contribution in [0, 0.1) is 10.1 Å². The summed E-state index contributed by atoms with van der Waals surface area (Å²) in [5, 5.41) is 20.7. The number of halogens is 2. The van der Waals surface area contributed by atoms with Crippen LogP contribution in [0.15, 0.2) is 42.5 Å². The van der Waals surface area contributed by atoms with Gasteiger partial charge in [0.25, 0.3) is 0 Å². The molecule has 0 atom stereocenters. The van der Waals surface area contributed by atoms with E-state index in [2.05, 4.69) is 0 Å². The Hall–Kier alpha value is -2.37. The van der Waals surface area contributed by atoms with Gasteiger partial charge in [0.15, 0.2) is 11.5 Å². The van der Waals surface area contributed by atoms with Crippen molar-refractivity contribution in [1.82, 2.24) is 0 Å². The zero-order chi connectivity index (χ0) is 16.3. The number of carbonyl (C=O) groups excluding carboxylic acids is 1. The van der Waals surface area contributed by atoms with Gasteiger partial charge >= 0.3 is 5.69 Å². The molecule has 0 spiro atoms. The molecule has 2 rings (SSSR count). The van der Waals surface area contributed by atoms with Gasteiger partial charge in [-0.25, -0.2) is 0 Å². The Labute approximate surface area is 135 Å². The highest BCUT2D eigenvalue weighted by Crippen LogP contribution is 2.27. The predicted octanol–water partition coefficient (Wildman–Crippen LogP) is 4.50. The zero-order valence-electron chi connectivity index (χ0n) is 11.0. The Morgan fingerprint density at radius 2 is 1.86 bits per heavy atom. The summed E-state index contributed by atoms with van der Waals surface area (Å²) < 4.78 is 0. The Bertz CT molecular complexity index is 787. The second kappa shape index (κ2) is 6.60. The van der Waals surface area contributed by atoms with Crippen molar-refractivity contribution in [3.05, 3.63) is 73.8 Å². The average Bonchev–Trinajstić information content (AvgIpc) is 2.48. The van der Waals surface area contributed by atoms with E-state index in [1.54, 1.807) is 0 Å². The lowest BCUT2D eigenvalue weighted by molar-refractivity contribution is -0.385. The second-order valence-corrected chi connectivity index (χ2v) is 5.15. The molecule has 0 radical (unpaired) electrons. The summed E-state index contributed by atoms with van der Waals surface area (Å²) >= 11 is 11.6. The Morgan fingerprint density at radius 3 is 2.50 bits per heavy atom. The molecule has 0 aliphatic heterocycles. The molecule has 0 saturated heterocycles. The van der Waals surface area contributed by atoms with Gasteiger partial charge in [-0.05, 0) is 35.9 Å². The van der Waals surface area contributed by atoms with Crippen LogP contribution in [0.5, 0.6) is 5.75 Å². The first-order valence-corrected chi connectivity index (χ1v) is 6.79. The van der Waals surface area contributed by atoms with Crippen molar-refractivity contribution < 1.29 is 14.8 Å². The molecule has 0 bridgehead atoms. The standard InChI is InChI=1S/C15H9Cl2NO4/c16-11-4-3-10(8-12(11)17)14(19)5-1-9-2-6-15(20)13(7-9)18(21)22/h1-8,20H/b5-1-. The SMILES string of the molecule is O=C(/C=C\c1ccc(O)c([N+](=O)[O-])c1)c1ccc(Cl)c(Cl)c1. The molecule has 22 heavy (non-hydrogen) atoms. The first kappa shape index (κ1) is 16.0. The topological polar surface area (TPSA) is 80.4 Å². The molecule has 0 heterocycles. The van der Waals surface area contributed by atoms with Crippen LogP contribution in [-0.2, 0) is 0 Å². The zero-order valence-corrected chi connectivity index (χ0v) is 12.5. The van der Waals surface area contributed by atoms with Gasteiger partial charge in [-0.1, -0.05) is 35.3 Å². The quantitative estimate of drug-likeness (QED) is 0.385. The third-order valence-corrected chi connectivity index (χ3v) is 3.57. The molecule has 0 fully saturated rings. The molecule has 5 nitrogen and oxygen atoms in total. The lowest BCUT2D eigenvalue weighted by atomic mass is 10.1. The van der Waals surface area contributed by atoms with Gasteiger partial charge in [0.1, 0.15) is 0 Å². The van der Waals surface area contributed by atoms with E-state index < -0.39 is 16.4 Å². The van der Waals surface area contributed by atoms with Crippen molar-refractivity contribution in [2.45, 2.75) is 0 Å². The number of ketones is 1. The van der Waals surface area contributed by atoms with Crippen molar-refractivity contribution >= 4 is 40.7 Å². The molecule has 112 valence electrons. The minimum absolute atomic E-state index is 0.265. The highest BCUT2D eigenvalue weighted by atomic mass is 35.5. The van der Waals surface area contributed by atoms with E-state index in [1.807, 2.05) is 0 Å². The third kappa shape index (κ3) is 3.63. The fourth-order valence-corrected chi connectivity index (χ4v) is 2.01. The van der Waals surface area contributed by atoms with Gasteiger partial charge in [0.2, 0.25) is 0 Å². The van der Waals surface area contributed by atoms with E-state index in [-0.39, 0.29) is 10.8 Å². The number of nitrogens with zero attached hydrogens (tertiary/aromatic N) is 1. The third-order valence-electron chi connectivity index (χ3n) is 2.83. The van der Waals surface area contributed by atoms with E-state index in [0.29, 0.717) is 16.1 Å². The number of allylic oxidation sites excluding steroid dienone is 1. The van der Waals surface area contributed by atoms with Crippen LogP contribution < -0.4 is 0 Å². The normalized spacial score (nSPS) is 10.8. The second-order valence-electron chi connectivity index (χ2n) is 4.33. The minimum Gasteiger partial charge on any atom is -0.502 e. The minimum atomic E-state index is -0.701. The molecule has 0 aliphatic carbocycles. The first-order chi connectivity index (χ1) is 10.4. The van der Waals surface area contributed by atoms with Gasteiger partial charge in [-0.15, -0.1) is 0 Å². The van der Waals surface area contributed by atoms with E-state index in [4.69, 9.17) is 23.2 Å². The predicted molar refractivity (Wildman–Crippen MR) is 84.6 cm³/mol. The summed E-state index contributed by atoms with van der Waals surface area (Å²) in [4.78, 5) is 22.0. The maximum absolute atomic E-state index is 12.0. The van der Waals surface area contributed by atoms with Crippen LogP contribution in [-0.4, -0.2) is 15.8 Å². The van der Waals surface area contributed by atoms with Crippen LogP contribution in [0.3, 0.4) is 0 Å². The number of phenolic OH excluding ortho intramolecular Hbond substituents is 1. The molecule has 2 aromatic carbocycles. The Balaban J connectivity index is 2.24. The van der Waals surface area contributed by atoms with Crippen molar-refractivity contribution in [1.29, 1.82) is 0 Å². The molecular weight excluding hydrogens is 329 g/mol. The van der Waals surface area contributed by atoms with Crippen molar-refractivity contribution in [3.8, 4) is 5.75 Å². The van der Waals surface area contributed by atoms with E-state index in [9.17, 15) is 20.0 Å². The van der Waals surface area contributed by atoms with E-state index in [0.717, 1.165) is 0 Å². The number of phenols is 1. The fourth-order valence-electron chi connectivity index (χ4n) is 1.71. The van der Waals surface area contributed by atoms with E-state index in [1.165, 1.54) is 48.6 Å². The van der Waals surface area contributed by atoms with Crippen LogP contribution in [0.4, 0.5) is 5.69 Å². The molecule has 2 aromatic rings. The van der Waals surface area contributed by atoms with Gasteiger partial charge < -0.3 is 5.11 Å². The summed E-state index contributed by atoms with van der Waals surface area (Å²) in [7, 11) is 0. The molecular formula is C15H9Cl2NO4. The molecule has 0 unspecified atom stereocenters. The monoisotopic (exact) mass is 337 g/mol. The van der Waals surface area contributed by atoms with Gasteiger partial charge in [0, 0.05) is 11.6 Å². The number of nitro groups is 1.